The maximum Gasteiger partial charge on any atom is 0.329 e. The number of nitrogens with two attached hydrogens (primary N) is 1. The Morgan fingerprint density at radius 3 is 2.37 bits per heavy atom. The molecule has 30 heavy (non-hydrogen) atoms. The Morgan fingerprint density at radius 2 is 1.73 bits per heavy atom. The molecule has 0 spiro atoms. The minimum Gasteiger partial charge on any atom is -0.454 e. The number of benzene rings is 2. The van der Waals surface area contributed by atoms with Crippen molar-refractivity contribution in [2.24, 2.45) is 5.73 Å². The summed E-state index contributed by atoms with van der Waals surface area (Å²) in [4.78, 5) is 47.3. The number of hydrogen-bond donors (Lipinski definition) is 4. The maximum absolute atomic E-state index is 12.3. The number of esters is 1. The van der Waals surface area contributed by atoms with Gasteiger partial charge in [0.2, 0.25) is 0 Å². The van der Waals surface area contributed by atoms with Gasteiger partial charge in [0.15, 0.2) is 6.61 Å². The number of anilines is 1. The highest BCUT2D eigenvalue weighted by Crippen LogP contribution is 2.15. The fourth-order valence-corrected chi connectivity index (χ4v) is 2.72. The quantitative estimate of drug-likeness (QED) is 0.513. The van der Waals surface area contributed by atoms with Crippen LogP contribution in [0.4, 0.5) is 15.3 Å². The van der Waals surface area contributed by atoms with E-state index in [4.69, 9.17) is 10.5 Å². The molecule has 9 heteroatoms. The summed E-state index contributed by atoms with van der Waals surface area (Å²) in [6.07, 6.45) is 0.136. The fourth-order valence-electron chi connectivity index (χ4n) is 2.72. The molecule has 0 heterocycles. The SMILES string of the molecule is Cc1ccc(NC(=O)NC(=O)COC(=O)[C@H](Cc2ccccc2)NC(N)=O)c(C)c1. The van der Waals surface area contributed by atoms with Crippen molar-refractivity contribution in [3.8, 4) is 0 Å². The van der Waals surface area contributed by atoms with Gasteiger partial charge in [-0.25, -0.2) is 14.4 Å². The van der Waals surface area contributed by atoms with Gasteiger partial charge in [-0.15, -0.1) is 0 Å². The second-order valence-electron chi connectivity index (χ2n) is 6.68. The molecule has 0 aliphatic carbocycles. The summed E-state index contributed by atoms with van der Waals surface area (Å²) < 4.78 is 4.93. The number of amides is 5. The van der Waals surface area contributed by atoms with Crippen molar-refractivity contribution in [2.45, 2.75) is 26.3 Å². The molecule has 1 atom stereocenters. The Labute approximate surface area is 174 Å². The number of aryl methyl sites for hydroxylation is 2. The molecule has 0 bridgehead atoms. The van der Waals surface area contributed by atoms with Crippen molar-refractivity contribution < 1.29 is 23.9 Å². The zero-order valence-electron chi connectivity index (χ0n) is 16.7. The van der Waals surface area contributed by atoms with Crippen molar-refractivity contribution in [3.05, 3.63) is 65.2 Å². The van der Waals surface area contributed by atoms with Crippen LogP contribution in [0.25, 0.3) is 0 Å². The predicted molar refractivity (Wildman–Crippen MR) is 111 cm³/mol. The summed E-state index contributed by atoms with van der Waals surface area (Å²) in [6, 6.07) is 11.6. The lowest BCUT2D eigenvalue weighted by molar-refractivity contribution is -0.150. The van der Waals surface area contributed by atoms with Gasteiger partial charge < -0.3 is 21.1 Å². The Bertz CT molecular complexity index is 930. The topological polar surface area (TPSA) is 140 Å². The van der Waals surface area contributed by atoms with Gasteiger partial charge >= 0.3 is 18.0 Å². The van der Waals surface area contributed by atoms with Gasteiger partial charge in [0, 0.05) is 12.1 Å². The summed E-state index contributed by atoms with van der Waals surface area (Å²) in [5.74, 6) is -1.66. The average Bonchev–Trinajstić information content (AvgIpc) is 2.68. The minimum absolute atomic E-state index is 0.136. The lowest BCUT2D eigenvalue weighted by atomic mass is 10.1. The number of ether oxygens (including phenoxy) is 1. The van der Waals surface area contributed by atoms with E-state index in [1.807, 2.05) is 32.0 Å². The summed E-state index contributed by atoms with van der Waals surface area (Å²) in [7, 11) is 0. The largest absolute Gasteiger partial charge is 0.454 e. The van der Waals surface area contributed by atoms with E-state index in [0.29, 0.717) is 5.69 Å². The second kappa shape index (κ2) is 10.6. The minimum atomic E-state index is -1.07. The summed E-state index contributed by atoms with van der Waals surface area (Å²) >= 11 is 0. The summed E-state index contributed by atoms with van der Waals surface area (Å²) in [5, 5.41) is 6.92. The molecule has 2 rings (SSSR count). The van der Waals surface area contributed by atoms with E-state index in [0.717, 1.165) is 16.7 Å². The van der Waals surface area contributed by atoms with E-state index in [2.05, 4.69) is 16.0 Å². The van der Waals surface area contributed by atoms with Crippen molar-refractivity contribution in [3.63, 3.8) is 0 Å². The van der Waals surface area contributed by atoms with Gasteiger partial charge in [0.1, 0.15) is 6.04 Å². The van der Waals surface area contributed by atoms with Gasteiger partial charge in [-0.1, -0.05) is 48.0 Å². The van der Waals surface area contributed by atoms with Gasteiger partial charge in [0.25, 0.3) is 5.91 Å². The molecule has 0 fully saturated rings. The number of primary amides is 1. The van der Waals surface area contributed by atoms with Crippen molar-refractivity contribution in [1.82, 2.24) is 10.6 Å². The van der Waals surface area contributed by atoms with Crippen LogP contribution in [0.1, 0.15) is 16.7 Å². The number of rotatable bonds is 7. The number of nitrogens with one attached hydrogen (secondary N) is 3. The smallest absolute Gasteiger partial charge is 0.329 e. The van der Waals surface area contributed by atoms with Crippen molar-refractivity contribution in [1.29, 1.82) is 0 Å². The van der Waals surface area contributed by atoms with Gasteiger partial charge in [-0.3, -0.25) is 10.1 Å². The third-order valence-corrected chi connectivity index (χ3v) is 4.11. The van der Waals surface area contributed by atoms with E-state index in [1.165, 1.54) is 0 Å². The van der Waals surface area contributed by atoms with Crippen LogP contribution in [-0.4, -0.2) is 36.6 Å². The Hall–Kier alpha value is -3.88. The van der Waals surface area contributed by atoms with Gasteiger partial charge in [-0.2, -0.15) is 0 Å². The number of imide groups is 1. The Morgan fingerprint density at radius 1 is 1.03 bits per heavy atom. The molecule has 0 aliphatic heterocycles. The maximum atomic E-state index is 12.3. The molecule has 2 aromatic carbocycles. The number of carbonyl (C=O) groups excluding carboxylic acids is 4. The molecular weight excluding hydrogens is 388 g/mol. The molecule has 0 radical (unpaired) electrons. The monoisotopic (exact) mass is 412 g/mol. The molecule has 0 saturated carbocycles. The van der Waals surface area contributed by atoms with Gasteiger partial charge in [-0.05, 0) is 31.0 Å². The first-order valence-electron chi connectivity index (χ1n) is 9.19. The number of urea groups is 2. The van der Waals surface area contributed by atoms with E-state index >= 15 is 0 Å². The molecule has 5 N–H and O–H groups in total. The second-order valence-corrected chi connectivity index (χ2v) is 6.68. The lowest BCUT2D eigenvalue weighted by Crippen LogP contribution is -2.46. The van der Waals surface area contributed by atoms with Crippen LogP contribution in [0.3, 0.4) is 0 Å². The standard InChI is InChI=1S/C21H24N4O5/c1-13-8-9-16(14(2)10-13)24-21(29)25-18(26)12-30-19(27)17(23-20(22)28)11-15-6-4-3-5-7-15/h3-10,17H,11-12H2,1-2H3,(H3,22,23,28)(H2,24,25,26,29)/t17-/m0/s1. The highest BCUT2D eigenvalue weighted by Gasteiger charge is 2.23. The molecule has 0 unspecified atom stereocenters. The molecule has 0 aliphatic rings. The van der Waals surface area contributed by atoms with E-state index in [9.17, 15) is 19.2 Å². The first kappa shape index (κ1) is 22.4. The third-order valence-electron chi connectivity index (χ3n) is 4.11. The normalized spacial score (nSPS) is 11.1. The van der Waals surface area contributed by atoms with Crippen LogP contribution in [0.15, 0.2) is 48.5 Å². The van der Waals surface area contributed by atoms with Gasteiger partial charge in [0.05, 0.1) is 0 Å². The molecule has 158 valence electrons. The zero-order chi connectivity index (χ0) is 22.1. The highest BCUT2D eigenvalue weighted by molar-refractivity contribution is 6.02. The molecule has 9 nitrogen and oxygen atoms in total. The average molecular weight is 412 g/mol. The van der Waals surface area contributed by atoms with E-state index in [1.54, 1.807) is 30.3 Å². The molecule has 0 aromatic heterocycles. The van der Waals surface area contributed by atoms with Crippen molar-refractivity contribution in [2.75, 3.05) is 11.9 Å². The first-order chi connectivity index (χ1) is 14.2. The van der Waals surface area contributed by atoms with E-state index in [-0.39, 0.29) is 6.42 Å². The van der Waals surface area contributed by atoms with Crippen LogP contribution in [0, 0.1) is 13.8 Å². The van der Waals surface area contributed by atoms with Crippen molar-refractivity contribution >= 4 is 29.6 Å². The van der Waals surface area contributed by atoms with Crippen LogP contribution in [0.5, 0.6) is 0 Å². The zero-order valence-corrected chi connectivity index (χ0v) is 16.7. The first-order valence-corrected chi connectivity index (χ1v) is 9.19. The molecular formula is C21H24N4O5. The molecule has 2 aromatic rings. The van der Waals surface area contributed by atoms with Crippen LogP contribution < -0.4 is 21.7 Å². The Balaban J connectivity index is 1.86. The molecule has 0 saturated heterocycles. The van der Waals surface area contributed by atoms with Crippen LogP contribution in [-0.2, 0) is 20.7 Å². The Kier molecular flexibility index (Phi) is 7.92. The molecule has 5 amide bonds. The highest BCUT2D eigenvalue weighted by atomic mass is 16.5. The number of carbonyl (C=O) groups is 4. The lowest BCUT2D eigenvalue weighted by Gasteiger charge is -2.16. The predicted octanol–water partition coefficient (Wildman–Crippen LogP) is 1.77. The fraction of sp³-hybridized carbons (Fsp3) is 0.238. The third kappa shape index (κ3) is 7.27. The van der Waals surface area contributed by atoms with Crippen LogP contribution >= 0.6 is 0 Å². The van der Waals surface area contributed by atoms with Crippen LogP contribution in [0.2, 0.25) is 0 Å². The summed E-state index contributed by atoms with van der Waals surface area (Å²) in [6.45, 7) is 3.06. The van der Waals surface area contributed by atoms with E-state index < -0.39 is 36.6 Å². The number of hydrogen-bond acceptors (Lipinski definition) is 5. The summed E-state index contributed by atoms with van der Waals surface area (Å²) in [5.41, 5.74) is 8.31.